The molecule has 0 aliphatic carbocycles. The van der Waals surface area contributed by atoms with E-state index >= 15 is 0 Å². The summed E-state index contributed by atoms with van der Waals surface area (Å²) in [6.45, 7) is 11.3. The van der Waals surface area contributed by atoms with E-state index in [1.54, 1.807) is 0 Å². The number of fused-ring (bicyclic) bond motifs is 1. The molecular formula is C23H34N4O3S. The molecule has 2 aliphatic heterocycles. The van der Waals surface area contributed by atoms with Crippen molar-refractivity contribution in [3.63, 3.8) is 0 Å². The third-order valence-electron chi connectivity index (χ3n) is 6.23. The molecule has 0 radical (unpaired) electrons. The van der Waals surface area contributed by atoms with Crippen molar-refractivity contribution in [2.24, 2.45) is 11.3 Å². The molecule has 31 heavy (non-hydrogen) atoms. The Morgan fingerprint density at radius 1 is 1.35 bits per heavy atom. The summed E-state index contributed by atoms with van der Waals surface area (Å²) >= 11 is 1.50. The molecule has 1 aromatic carbocycles. The lowest BCUT2D eigenvalue weighted by atomic mass is 9.80. The van der Waals surface area contributed by atoms with Gasteiger partial charge in [-0.2, -0.15) is 0 Å². The van der Waals surface area contributed by atoms with Crippen molar-refractivity contribution in [2.75, 3.05) is 45.9 Å². The van der Waals surface area contributed by atoms with E-state index in [-0.39, 0.29) is 30.6 Å². The fourth-order valence-electron chi connectivity index (χ4n) is 4.81. The van der Waals surface area contributed by atoms with Crippen molar-refractivity contribution in [2.45, 2.75) is 32.9 Å². The number of amides is 1. The zero-order chi connectivity index (χ0) is 22.0. The average Bonchev–Trinajstić information content (AvgIpc) is 3.36. The molecule has 8 heteroatoms. The maximum atomic E-state index is 12.9. The van der Waals surface area contributed by atoms with Gasteiger partial charge in [0.2, 0.25) is 0 Å². The molecule has 2 aliphatic rings. The minimum Gasteiger partial charge on any atom is -0.395 e. The highest BCUT2D eigenvalue weighted by Crippen LogP contribution is 2.38. The number of benzene rings is 1. The van der Waals surface area contributed by atoms with Crippen molar-refractivity contribution in [1.82, 2.24) is 21.1 Å². The minimum atomic E-state index is -0.143. The number of rotatable bonds is 6. The van der Waals surface area contributed by atoms with Gasteiger partial charge in [0.1, 0.15) is 0 Å². The van der Waals surface area contributed by atoms with Crippen LogP contribution in [-0.2, 0) is 4.74 Å². The molecule has 4 N–H and O–H groups in total. The molecule has 3 heterocycles. The number of morpholine rings is 1. The second-order valence-corrected chi connectivity index (χ2v) is 10.6. The maximum absolute atomic E-state index is 12.9. The molecule has 1 aromatic heterocycles. The third-order valence-corrected chi connectivity index (χ3v) is 7.41. The molecule has 7 nitrogen and oxygen atoms in total. The van der Waals surface area contributed by atoms with Crippen LogP contribution >= 0.6 is 11.3 Å². The fourth-order valence-corrected chi connectivity index (χ4v) is 5.98. The first-order chi connectivity index (χ1) is 14.9. The van der Waals surface area contributed by atoms with Crippen LogP contribution in [0.15, 0.2) is 24.3 Å². The first-order valence-corrected chi connectivity index (χ1v) is 11.9. The molecule has 0 bridgehead atoms. The Bertz CT molecular complexity index is 910. The summed E-state index contributed by atoms with van der Waals surface area (Å²) in [5.74, 6) is 0.383. The molecule has 0 saturated carbocycles. The Labute approximate surface area is 188 Å². The van der Waals surface area contributed by atoms with Crippen LogP contribution in [0, 0.1) is 11.3 Å². The smallest absolute Gasteiger partial charge is 0.261 e. The summed E-state index contributed by atoms with van der Waals surface area (Å²) in [6.07, 6.45) is -0.143. The van der Waals surface area contributed by atoms with Crippen molar-refractivity contribution < 1.29 is 14.6 Å². The quantitative estimate of drug-likeness (QED) is 0.544. The van der Waals surface area contributed by atoms with Gasteiger partial charge in [-0.05, 0) is 16.9 Å². The maximum Gasteiger partial charge on any atom is 0.261 e. The molecule has 3 unspecified atom stereocenters. The third kappa shape index (κ3) is 4.94. The Balaban J connectivity index is 1.56. The van der Waals surface area contributed by atoms with Crippen molar-refractivity contribution in [3.05, 3.63) is 34.7 Å². The number of carbonyl (C=O) groups excluding carboxylic acids is 1. The number of carbonyl (C=O) groups is 1. The van der Waals surface area contributed by atoms with Gasteiger partial charge in [-0.3, -0.25) is 20.5 Å². The van der Waals surface area contributed by atoms with Gasteiger partial charge in [-0.15, -0.1) is 11.3 Å². The van der Waals surface area contributed by atoms with Crippen LogP contribution in [0.25, 0.3) is 10.1 Å². The van der Waals surface area contributed by atoms with E-state index in [2.05, 4.69) is 54.0 Å². The summed E-state index contributed by atoms with van der Waals surface area (Å²) < 4.78 is 7.31. The van der Waals surface area contributed by atoms with Gasteiger partial charge < -0.3 is 15.2 Å². The summed E-state index contributed by atoms with van der Waals surface area (Å²) in [5.41, 5.74) is 7.97. The first-order valence-electron chi connectivity index (χ1n) is 11.1. The van der Waals surface area contributed by atoms with Crippen LogP contribution in [0.3, 0.4) is 0 Å². The largest absolute Gasteiger partial charge is 0.395 e. The molecule has 4 rings (SSSR count). The number of thiophene rings is 1. The van der Waals surface area contributed by atoms with Gasteiger partial charge in [0.25, 0.3) is 5.91 Å². The van der Waals surface area contributed by atoms with Gasteiger partial charge in [0.15, 0.2) is 0 Å². The van der Waals surface area contributed by atoms with Crippen molar-refractivity contribution in [3.8, 4) is 0 Å². The molecule has 3 atom stereocenters. The molecule has 170 valence electrons. The summed E-state index contributed by atoms with van der Waals surface area (Å²) in [6, 6.07) is 8.55. The lowest BCUT2D eigenvalue weighted by molar-refractivity contribution is -0.0353. The van der Waals surface area contributed by atoms with Crippen LogP contribution < -0.4 is 16.2 Å². The van der Waals surface area contributed by atoms with E-state index in [4.69, 9.17) is 9.84 Å². The molecule has 2 saturated heterocycles. The van der Waals surface area contributed by atoms with Gasteiger partial charge in [-0.1, -0.05) is 39.0 Å². The predicted octanol–water partition coefficient (Wildman–Crippen LogP) is 2.14. The van der Waals surface area contributed by atoms with E-state index in [1.807, 2.05) is 12.1 Å². The van der Waals surface area contributed by atoms with Gasteiger partial charge in [0, 0.05) is 54.9 Å². The topological polar surface area (TPSA) is 85.9 Å². The number of nitrogens with one attached hydrogen (secondary N) is 3. The molecule has 1 amide bonds. The Morgan fingerprint density at radius 2 is 2.16 bits per heavy atom. The number of nitrogens with zero attached hydrogens (tertiary/aromatic N) is 1. The Kier molecular flexibility index (Phi) is 6.95. The average molecular weight is 447 g/mol. The SMILES string of the molecule is CC(C)(C)C1NNCC1CN1CCOC(c2c(C(=O)NCCO)sc3ccccc23)C1. The van der Waals surface area contributed by atoms with Crippen LogP contribution in [0.2, 0.25) is 0 Å². The fraction of sp³-hybridized carbons (Fsp3) is 0.609. The summed E-state index contributed by atoms with van der Waals surface area (Å²) in [7, 11) is 0. The Morgan fingerprint density at radius 3 is 2.94 bits per heavy atom. The standard InChI is InChI=1S/C23H34N4O3S/c1-23(2,3)21-15(12-25-26-21)13-27-9-11-30-17(14-27)19-16-6-4-5-7-18(16)31-20(19)22(29)24-8-10-28/h4-7,15,17,21,25-26,28H,8-14H2,1-3H3,(H,24,29). The molecule has 2 aromatic rings. The number of ether oxygens (including phenoxy) is 1. The highest BCUT2D eigenvalue weighted by molar-refractivity contribution is 7.21. The number of hydrazine groups is 1. The first kappa shape index (κ1) is 22.6. The summed E-state index contributed by atoms with van der Waals surface area (Å²) in [4.78, 5) is 16.0. The minimum absolute atomic E-state index is 0.0714. The molecule has 0 spiro atoms. The second kappa shape index (κ2) is 9.52. The van der Waals surface area contributed by atoms with Crippen LogP contribution in [0.1, 0.15) is 42.1 Å². The lowest BCUT2D eigenvalue weighted by Crippen LogP contribution is -2.47. The van der Waals surface area contributed by atoms with E-state index in [0.29, 0.717) is 23.4 Å². The van der Waals surface area contributed by atoms with Gasteiger partial charge in [0.05, 0.1) is 24.2 Å². The van der Waals surface area contributed by atoms with Gasteiger partial charge in [-0.25, -0.2) is 0 Å². The zero-order valence-corrected chi connectivity index (χ0v) is 19.4. The number of hydrogen-bond donors (Lipinski definition) is 4. The van der Waals surface area contributed by atoms with Gasteiger partial charge >= 0.3 is 0 Å². The van der Waals surface area contributed by atoms with E-state index < -0.39 is 0 Å². The number of aliphatic hydroxyl groups excluding tert-OH is 1. The number of hydrogen-bond acceptors (Lipinski definition) is 7. The number of aliphatic hydroxyl groups is 1. The van der Waals surface area contributed by atoms with E-state index in [0.717, 1.165) is 41.8 Å². The molecular weight excluding hydrogens is 412 g/mol. The van der Waals surface area contributed by atoms with Crippen molar-refractivity contribution >= 4 is 27.3 Å². The van der Waals surface area contributed by atoms with E-state index in [9.17, 15) is 4.79 Å². The second-order valence-electron chi connectivity index (χ2n) is 9.57. The predicted molar refractivity (Wildman–Crippen MR) is 124 cm³/mol. The molecule has 2 fully saturated rings. The van der Waals surface area contributed by atoms with E-state index in [1.165, 1.54) is 11.3 Å². The Hall–Kier alpha value is -1.55. The zero-order valence-electron chi connectivity index (χ0n) is 18.6. The normalized spacial score (nSPS) is 25.2. The highest BCUT2D eigenvalue weighted by atomic mass is 32.1. The van der Waals surface area contributed by atoms with Crippen LogP contribution in [0.4, 0.5) is 0 Å². The lowest BCUT2D eigenvalue weighted by Gasteiger charge is -2.38. The van der Waals surface area contributed by atoms with Crippen LogP contribution in [-0.4, -0.2) is 67.9 Å². The summed E-state index contributed by atoms with van der Waals surface area (Å²) in [5, 5.41) is 13.0. The van der Waals surface area contributed by atoms with Crippen LogP contribution in [0.5, 0.6) is 0 Å². The highest BCUT2D eigenvalue weighted by Gasteiger charge is 2.38. The monoisotopic (exact) mass is 446 g/mol. The van der Waals surface area contributed by atoms with Crippen molar-refractivity contribution in [1.29, 1.82) is 0 Å².